The van der Waals surface area contributed by atoms with Gasteiger partial charge in [0.2, 0.25) is 21.8 Å². The zero-order valence-corrected chi connectivity index (χ0v) is 38.7. The number of alkyl halides is 3. The van der Waals surface area contributed by atoms with E-state index < -0.39 is 73.4 Å². The lowest BCUT2D eigenvalue weighted by Gasteiger charge is -2.36. The molecule has 3 heterocycles. The maximum absolute atomic E-state index is 15.0. The highest BCUT2D eigenvalue weighted by Gasteiger charge is 2.63. The summed E-state index contributed by atoms with van der Waals surface area (Å²) in [7, 11) is -2.46. The van der Waals surface area contributed by atoms with Crippen LogP contribution in [0.1, 0.15) is 97.4 Å². The zero-order chi connectivity index (χ0) is 46.0. The Balaban J connectivity index is 1.25. The van der Waals surface area contributed by atoms with Crippen LogP contribution in [0.3, 0.4) is 0 Å². The third-order valence-electron chi connectivity index (χ3n) is 13.0. The molecule has 6 atom stereocenters. The molecule has 3 fully saturated rings. The van der Waals surface area contributed by atoms with E-state index in [-0.39, 0.29) is 37.0 Å². The van der Waals surface area contributed by atoms with Gasteiger partial charge in [0.1, 0.15) is 40.3 Å². The van der Waals surface area contributed by atoms with Crippen molar-refractivity contribution in [2.24, 2.45) is 22.2 Å². The number of hydrogen-bond acceptors (Lipinski definition) is 11. The van der Waals surface area contributed by atoms with Gasteiger partial charge in [-0.05, 0) is 80.7 Å². The van der Waals surface area contributed by atoms with Crippen molar-refractivity contribution in [3.63, 3.8) is 0 Å². The van der Waals surface area contributed by atoms with Crippen LogP contribution in [-0.4, -0.2) is 95.0 Å². The van der Waals surface area contributed by atoms with Crippen LogP contribution in [0.15, 0.2) is 47.5 Å². The van der Waals surface area contributed by atoms with Crippen molar-refractivity contribution in [2.45, 2.75) is 128 Å². The lowest BCUT2D eigenvalue weighted by Crippen LogP contribution is -2.59. The smallest absolute Gasteiger partial charge is 0.416 e. The molecular formula is C45H57F3N6O7S2. The van der Waals surface area contributed by atoms with Gasteiger partial charge in [0.15, 0.2) is 0 Å². The molecule has 342 valence electrons. The number of aromatic nitrogens is 1. The van der Waals surface area contributed by atoms with Crippen molar-refractivity contribution in [3.8, 4) is 11.5 Å². The molecule has 1 aromatic heterocycles. The summed E-state index contributed by atoms with van der Waals surface area (Å²) in [4.78, 5) is 54.9. The highest BCUT2D eigenvalue weighted by Crippen LogP contribution is 2.48. The number of carbonyl (C=O) groups is 3. The molecule has 18 heteroatoms. The largest absolute Gasteiger partial charge is 0.496 e. The monoisotopic (exact) mass is 914 g/mol. The van der Waals surface area contributed by atoms with Gasteiger partial charge in [-0.15, -0.1) is 11.8 Å². The number of methoxy groups -OCH3 is 1. The summed E-state index contributed by atoms with van der Waals surface area (Å²) in [5.41, 5.74) is -1.25. The molecule has 2 aliphatic carbocycles. The van der Waals surface area contributed by atoms with Crippen LogP contribution in [-0.2, 0) is 30.6 Å². The predicted molar refractivity (Wildman–Crippen MR) is 237 cm³/mol. The fraction of sp³-hybridized carbons (Fsp3) is 0.578. The second-order valence-electron chi connectivity index (χ2n) is 19.0. The van der Waals surface area contributed by atoms with Gasteiger partial charge in [0, 0.05) is 34.9 Å². The van der Waals surface area contributed by atoms with E-state index in [1.54, 1.807) is 46.6 Å². The number of pyridine rings is 1. The molecule has 3 amide bonds. The van der Waals surface area contributed by atoms with E-state index in [1.165, 1.54) is 17.0 Å². The number of likely N-dealkylation sites (tertiary alicyclic amines) is 1. The molecule has 13 nitrogen and oxygen atoms in total. The second kappa shape index (κ2) is 16.8. The number of fused-ring (bicyclic) bond motifs is 1. The minimum atomic E-state index is -4.63. The first-order chi connectivity index (χ1) is 29.4. The van der Waals surface area contributed by atoms with Crippen molar-refractivity contribution in [1.82, 2.24) is 19.9 Å². The van der Waals surface area contributed by atoms with E-state index >= 15 is 0 Å². The Hall–Kier alpha value is -4.58. The SMILES string of the molecule is CC[C@@H]1C[C@]1(NC(=O)[C@@H]1C[C@@H](Oc2cc(C3=NC(C(C)C)CS3)nc3c(C)c(OC)ccc23)CN1C(=O)[C@@H](Nc1cccc(C(F)(F)F)c1)C(C)(C)C)C(=O)NS(=O)(=O)C1(C)CC1. The molecule has 1 unspecified atom stereocenters. The minimum absolute atomic E-state index is 0.0255. The first-order valence-corrected chi connectivity index (χ1v) is 23.9. The molecule has 4 aliphatic rings. The standard InChI is InChI=1S/C45H57F3N6O7S2/c1-10-26-21-44(26,41(57)53-63(58,59)43(8)16-17-43)52-38(55)33-19-29(22-54(33)40(56)37(42(5,6)7)49-28-13-11-12-27(18-28)45(46,47)48)61-35-20-31(39-51-32(23-62-39)24(2)3)50-36-25(4)34(60-9)15-14-30(35)36/h11-15,18,20,24,26,29,32-33,37,49H,10,16-17,19,21-23H2,1-9H3,(H,52,55)(H,53,57)/t26-,29-,32?,33+,37-,44-/m1/s1. The maximum Gasteiger partial charge on any atom is 0.416 e. The number of sulfonamides is 1. The van der Waals surface area contributed by atoms with E-state index in [4.69, 9.17) is 19.5 Å². The van der Waals surface area contributed by atoms with E-state index in [0.717, 1.165) is 28.5 Å². The maximum atomic E-state index is 15.0. The third-order valence-corrected chi connectivity index (χ3v) is 16.2. The average Bonchev–Trinajstić information content (AvgIpc) is 4.00. The number of amides is 3. The highest BCUT2D eigenvalue weighted by molar-refractivity contribution is 8.14. The molecule has 1 saturated heterocycles. The molecular weight excluding hydrogens is 858 g/mol. The van der Waals surface area contributed by atoms with Crippen molar-refractivity contribution in [2.75, 3.05) is 24.7 Å². The molecule has 0 radical (unpaired) electrons. The van der Waals surface area contributed by atoms with Gasteiger partial charge in [-0.1, -0.05) is 54.0 Å². The Morgan fingerprint density at radius 3 is 2.37 bits per heavy atom. The Kier molecular flexibility index (Phi) is 12.4. The quantitative estimate of drug-likeness (QED) is 0.150. The third kappa shape index (κ3) is 9.20. The van der Waals surface area contributed by atoms with Crippen molar-refractivity contribution < 1.29 is 45.4 Å². The van der Waals surface area contributed by atoms with Crippen LogP contribution in [0, 0.1) is 24.2 Å². The van der Waals surface area contributed by atoms with Crippen molar-refractivity contribution in [3.05, 3.63) is 59.3 Å². The molecule has 2 aromatic carbocycles. The fourth-order valence-corrected chi connectivity index (χ4v) is 11.0. The predicted octanol–water partition coefficient (Wildman–Crippen LogP) is 7.25. The van der Waals surface area contributed by atoms with Gasteiger partial charge in [-0.25, -0.2) is 13.4 Å². The topological polar surface area (TPSA) is 168 Å². The fourth-order valence-electron chi connectivity index (χ4n) is 8.39. The van der Waals surface area contributed by atoms with Gasteiger partial charge in [0.25, 0.3) is 5.91 Å². The normalized spacial score (nSPS) is 24.8. The summed E-state index contributed by atoms with van der Waals surface area (Å²) in [6, 6.07) is 7.79. The van der Waals surface area contributed by atoms with E-state index in [1.807, 2.05) is 32.0 Å². The van der Waals surface area contributed by atoms with Crippen LogP contribution < -0.4 is 24.8 Å². The highest BCUT2D eigenvalue weighted by atomic mass is 32.2. The molecule has 7 rings (SSSR count). The lowest BCUT2D eigenvalue weighted by molar-refractivity contribution is -0.141. The van der Waals surface area contributed by atoms with Gasteiger partial charge < -0.3 is 25.0 Å². The molecule has 2 saturated carbocycles. The Labute approximate surface area is 371 Å². The van der Waals surface area contributed by atoms with Crippen LogP contribution >= 0.6 is 11.8 Å². The number of nitrogens with zero attached hydrogens (tertiary/aromatic N) is 3. The number of halogens is 3. The van der Waals surface area contributed by atoms with E-state index in [2.05, 4.69) is 29.2 Å². The number of hydrogen-bond donors (Lipinski definition) is 3. The zero-order valence-electron chi connectivity index (χ0n) is 37.1. The summed E-state index contributed by atoms with van der Waals surface area (Å²) in [5, 5.41) is 7.34. The Morgan fingerprint density at radius 2 is 1.78 bits per heavy atom. The van der Waals surface area contributed by atoms with E-state index in [9.17, 15) is 36.0 Å². The van der Waals surface area contributed by atoms with Crippen LogP contribution in [0.2, 0.25) is 0 Å². The number of anilines is 1. The average molecular weight is 915 g/mol. The molecule has 2 aliphatic heterocycles. The number of ether oxygens (including phenoxy) is 2. The molecule has 3 N–H and O–H groups in total. The lowest BCUT2D eigenvalue weighted by atomic mass is 9.85. The van der Waals surface area contributed by atoms with Crippen LogP contribution in [0.25, 0.3) is 10.9 Å². The van der Waals surface area contributed by atoms with Crippen LogP contribution in [0.4, 0.5) is 18.9 Å². The number of rotatable bonds is 14. The van der Waals surface area contributed by atoms with Gasteiger partial charge in [-0.2, -0.15) is 13.2 Å². The second-order valence-corrected chi connectivity index (χ2v) is 22.2. The Bertz CT molecular complexity index is 2450. The summed E-state index contributed by atoms with van der Waals surface area (Å²) in [5.74, 6) is -0.271. The summed E-state index contributed by atoms with van der Waals surface area (Å²) < 4.78 is 81.4. The Morgan fingerprint density at radius 1 is 1.06 bits per heavy atom. The van der Waals surface area contributed by atoms with E-state index in [0.29, 0.717) is 53.3 Å². The molecule has 0 spiro atoms. The van der Waals surface area contributed by atoms with Crippen molar-refractivity contribution >= 4 is 61.1 Å². The number of aryl methyl sites for hydroxylation is 1. The van der Waals surface area contributed by atoms with Gasteiger partial charge in [-0.3, -0.25) is 24.1 Å². The van der Waals surface area contributed by atoms with Gasteiger partial charge >= 0.3 is 6.18 Å². The van der Waals surface area contributed by atoms with Gasteiger partial charge in [0.05, 0.1) is 41.2 Å². The number of nitrogens with one attached hydrogen (secondary N) is 3. The van der Waals surface area contributed by atoms with Crippen molar-refractivity contribution in [1.29, 1.82) is 0 Å². The number of aliphatic imine (C=N–C) groups is 1. The molecule has 0 bridgehead atoms. The minimum Gasteiger partial charge on any atom is -0.496 e. The number of thioether (sulfide) groups is 1. The molecule has 63 heavy (non-hydrogen) atoms. The summed E-state index contributed by atoms with van der Waals surface area (Å²) >= 11 is 1.60. The first-order valence-electron chi connectivity index (χ1n) is 21.4. The first kappa shape index (κ1) is 46.4. The summed E-state index contributed by atoms with van der Waals surface area (Å²) in [6.45, 7) is 14.7. The number of carbonyl (C=O) groups excluding carboxylic acids is 3. The van der Waals surface area contributed by atoms with Crippen LogP contribution in [0.5, 0.6) is 11.5 Å². The summed E-state index contributed by atoms with van der Waals surface area (Å²) in [6.07, 6.45) is -3.96. The number of benzene rings is 2. The molecule has 3 aromatic rings.